The quantitative estimate of drug-likeness (QED) is 0.152. The van der Waals surface area contributed by atoms with Crippen molar-refractivity contribution in [3.05, 3.63) is 80.4 Å². The second-order valence-electron chi connectivity index (χ2n) is 10.3. The zero-order valence-corrected chi connectivity index (χ0v) is 22.9. The van der Waals surface area contributed by atoms with Gasteiger partial charge in [-0.05, 0) is 61.1 Å². The molecule has 0 aliphatic carbocycles. The van der Waals surface area contributed by atoms with E-state index in [-0.39, 0.29) is 11.1 Å². The number of para-hydroxylation sites is 4. The number of H-pyrrole nitrogens is 3. The number of rotatable bonds is 12. The van der Waals surface area contributed by atoms with Gasteiger partial charge in [-0.25, -0.2) is 9.97 Å². The lowest BCUT2D eigenvalue weighted by atomic mass is 9.95. The van der Waals surface area contributed by atoms with E-state index in [1.165, 1.54) is 12.8 Å². The Hall–Kier alpha value is -4.00. The van der Waals surface area contributed by atoms with Gasteiger partial charge in [0.25, 0.3) is 11.1 Å². The second kappa shape index (κ2) is 12.2. The Morgan fingerprint density at radius 3 is 1.44 bits per heavy atom. The maximum Gasteiger partial charge on any atom is 0.276 e. The van der Waals surface area contributed by atoms with Crippen molar-refractivity contribution in [1.29, 1.82) is 0 Å². The zero-order valence-electron chi connectivity index (χ0n) is 22.9. The van der Waals surface area contributed by atoms with Crippen molar-refractivity contribution in [2.24, 2.45) is 0 Å². The number of aromatic nitrogens is 5. The van der Waals surface area contributed by atoms with Gasteiger partial charge in [0, 0.05) is 0 Å². The van der Waals surface area contributed by atoms with Crippen LogP contribution in [0.3, 0.4) is 0 Å². The lowest BCUT2D eigenvalue weighted by Gasteiger charge is -2.10. The van der Waals surface area contributed by atoms with Crippen LogP contribution < -0.4 is 11.1 Å². The van der Waals surface area contributed by atoms with E-state index in [2.05, 4.69) is 28.8 Å². The largest absolute Gasteiger partial charge is 0.351 e. The molecule has 3 N–H and O–H groups in total. The molecule has 5 rings (SSSR count). The third-order valence-corrected chi connectivity index (χ3v) is 7.45. The molecule has 39 heavy (non-hydrogen) atoms. The molecule has 7 nitrogen and oxygen atoms in total. The first kappa shape index (κ1) is 26.6. The first-order chi connectivity index (χ1) is 19.1. The van der Waals surface area contributed by atoms with Crippen molar-refractivity contribution in [3.8, 4) is 22.8 Å². The molecular formula is C32H37N5O2. The highest BCUT2D eigenvalue weighted by atomic mass is 16.1. The van der Waals surface area contributed by atoms with Crippen molar-refractivity contribution in [1.82, 2.24) is 24.9 Å². The highest BCUT2D eigenvalue weighted by Crippen LogP contribution is 2.34. The van der Waals surface area contributed by atoms with Crippen LogP contribution in [0.15, 0.2) is 58.1 Å². The van der Waals surface area contributed by atoms with Gasteiger partial charge in [0.2, 0.25) is 0 Å². The molecule has 0 spiro atoms. The van der Waals surface area contributed by atoms with Crippen molar-refractivity contribution in [3.63, 3.8) is 0 Å². The molecule has 0 saturated heterocycles. The molecular weight excluding hydrogens is 486 g/mol. The predicted octanol–water partition coefficient (Wildman–Crippen LogP) is 7.07. The lowest BCUT2D eigenvalue weighted by Crippen LogP contribution is -2.13. The SMILES string of the molecule is CCCCCCc1c(-c2nc3ccccc3[nH]c2=O)[nH]c(-c2nc3ccccc3[nH]c2=O)c1CCCCCC. The van der Waals surface area contributed by atoms with Gasteiger partial charge in [0.05, 0.1) is 33.5 Å². The highest BCUT2D eigenvalue weighted by molar-refractivity contribution is 5.81. The molecule has 5 aromatic rings. The number of nitrogens with zero attached hydrogens (tertiary/aromatic N) is 2. The van der Waals surface area contributed by atoms with Crippen LogP contribution in [-0.4, -0.2) is 24.9 Å². The van der Waals surface area contributed by atoms with Gasteiger partial charge in [0.1, 0.15) is 0 Å². The van der Waals surface area contributed by atoms with Crippen LogP contribution in [0, 0.1) is 0 Å². The Morgan fingerprint density at radius 1 is 0.564 bits per heavy atom. The smallest absolute Gasteiger partial charge is 0.276 e. The van der Waals surface area contributed by atoms with E-state index >= 15 is 0 Å². The van der Waals surface area contributed by atoms with Crippen LogP contribution in [0.25, 0.3) is 44.8 Å². The molecule has 0 unspecified atom stereocenters. The number of fused-ring (bicyclic) bond motifs is 2. The molecule has 7 heteroatoms. The average Bonchev–Trinajstić information content (AvgIpc) is 3.30. The van der Waals surface area contributed by atoms with Gasteiger partial charge in [0.15, 0.2) is 11.4 Å². The summed E-state index contributed by atoms with van der Waals surface area (Å²) < 4.78 is 0. The summed E-state index contributed by atoms with van der Waals surface area (Å²) in [6.45, 7) is 4.41. The highest BCUT2D eigenvalue weighted by Gasteiger charge is 2.24. The van der Waals surface area contributed by atoms with Crippen LogP contribution in [-0.2, 0) is 12.8 Å². The first-order valence-electron chi connectivity index (χ1n) is 14.3. The Kier molecular flexibility index (Phi) is 8.35. The van der Waals surface area contributed by atoms with Gasteiger partial charge >= 0.3 is 0 Å². The topological polar surface area (TPSA) is 107 Å². The van der Waals surface area contributed by atoms with Crippen LogP contribution in [0.2, 0.25) is 0 Å². The molecule has 3 heterocycles. The van der Waals surface area contributed by atoms with Crippen molar-refractivity contribution < 1.29 is 0 Å². The predicted molar refractivity (Wildman–Crippen MR) is 159 cm³/mol. The molecule has 0 aliphatic rings. The van der Waals surface area contributed by atoms with Crippen molar-refractivity contribution in [2.45, 2.75) is 78.1 Å². The fourth-order valence-electron chi connectivity index (χ4n) is 5.39. The van der Waals surface area contributed by atoms with Crippen LogP contribution in [0.1, 0.15) is 76.3 Å². The number of hydrogen-bond donors (Lipinski definition) is 3. The van der Waals surface area contributed by atoms with E-state index < -0.39 is 0 Å². The number of benzene rings is 2. The lowest BCUT2D eigenvalue weighted by molar-refractivity contribution is 0.652. The minimum Gasteiger partial charge on any atom is -0.351 e. The first-order valence-corrected chi connectivity index (χ1v) is 14.3. The summed E-state index contributed by atoms with van der Waals surface area (Å²) in [5.74, 6) is 0. The van der Waals surface area contributed by atoms with E-state index in [4.69, 9.17) is 9.97 Å². The fraction of sp³-hybridized carbons (Fsp3) is 0.375. The van der Waals surface area contributed by atoms with E-state index in [0.717, 1.165) is 73.5 Å². The standard InChI is InChI=1S/C32H37N5O2/c1-3-5-7-9-15-21-22(16-10-8-6-4-2)28(30-32(39)36-26-20-14-12-18-24(26)34-30)37-27(21)29-31(38)35-25-19-13-11-17-23(25)33-29/h11-14,17-20,37H,3-10,15-16H2,1-2H3,(H,35,38)(H,36,39). The Labute approximate surface area is 228 Å². The van der Waals surface area contributed by atoms with Crippen LogP contribution >= 0.6 is 0 Å². The third-order valence-electron chi connectivity index (χ3n) is 7.45. The number of aromatic amines is 3. The summed E-state index contributed by atoms with van der Waals surface area (Å²) in [6.07, 6.45) is 10.5. The minimum absolute atomic E-state index is 0.241. The monoisotopic (exact) mass is 523 g/mol. The van der Waals surface area contributed by atoms with E-state index in [1.807, 2.05) is 48.5 Å². The van der Waals surface area contributed by atoms with Crippen molar-refractivity contribution in [2.75, 3.05) is 0 Å². The summed E-state index contributed by atoms with van der Waals surface area (Å²) in [7, 11) is 0. The fourth-order valence-corrected chi connectivity index (χ4v) is 5.39. The maximum atomic E-state index is 13.3. The van der Waals surface area contributed by atoms with E-state index in [9.17, 15) is 9.59 Å². The van der Waals surface area contributed by atoms with Gasteiger partial charge in [-0.15, -0.1) is 0 Å². The van der Waals surface area contributed by atoms with Gasteiger partial charge in [-0.2, -0.15) is 0 Å². The molecule has 0 radical (unpaired) electrons. The van der Waals surface area contributed by atoms with Gasteiger partial charge in [-0.3, -0.25) is 9.59 Å². The summed E-state index contributed by atoms with van der Waals surface area (Å²) >= 11 is 0. The second-order valence-corrected chi connectivity index (χ2v) is 10.3. The molecule has 0 saturated carbocycles. The van der Waals surface area contributed by atoms with E-state index in [1.54, 1.807) is 0 Å². The molecule has 0 atom stereocenters. The summed E-state index contributed by atoms with van der Waals surface area (Å²) in [6, 6.07) is 15.1. The molecule has 2 aromatic carbocycles. The Balaban J connectivity index is 1.71. The molecule has 0 fully saturated rings. The third kappa shape index (κ3) is 5.72. The molecule has 0 bridgehead atoms. The molecule has 3 aromatic heterocycles. The molecule has 202 valence electrons. The summed E-state index contributed by atoms with van der Waals surface area (Å²) in [5.41, 5.74) is 6.67. The van der Waals surface area contributed by atoms with Crippen LogP contribution in [0.5, 0.6) is 0 Å². The van der Waals surface area contributed by atoms with E-state index in [0.29, 0.717) is 33.8 Å². The number of unbranched alkanes of at least 4 members (excludes halogenated alkanes) is 6. The zero-order chi connectivity index (χ0) is 27.2. The Morgan fingerprint density at radius 2 is 1.00 bits per heavy atom. The number of hydrogen-bond acceptors (Lipinski definition) is 4. The normalized spacial score (nSPS) is 11.5. The minimum atomic E-state index is -0.241. The van der Waals surface area contributed by atoms with Crippen molar-refractivity contribution >= 4 is 22.1 Å². The van der Waals surface area contributed by atoms with Gasteiger partial charge in [-0.1, -0.05) is 76.6 Å². The maximum absolute atomic E-state index is 13.3. The van der Waals surface area contributed by atoms with Crippen LogP contribution in [0.4, 0.5) is 0 Å². The summed E-state index contributed by atoms with van der Waals surface area (Å²) in [4.78, 5) is 45.8. The Bertz CT molecular complexity index is 1570. The number of nitrogens with one attached hydrogen (secondary N) is 3. The molecule has 0 aliphatic heterocycles. The molecule has 0 amide bonds. The van der Waals surface area contributed by atoms with Gasteiger partial charge < -0.3 is 15.0 Å². The average molecular weight is 524 g/mol. The summed E-state index contributed by atoms with van der Waals surface area (Å²) in [5, 5.41) is 0.